The number of imide groups is 1. The Morgan fingerprint density at radius 1 is 0.935 bits per heavy atom. The van der Waals surface area contributed by atoms with Gasteiger partial charge in [0, 0.05) is 10.6 Å². The van der Waals surface area contributed by atoms with E-state index in [2.05, 4.69) is 5.32 Å². The number of nitrogens with zero attached hydrogens (tertiary/aromatic N) is 1. The van der Waals surface area contributed by atoms with E-state index in [1.807, 2.05) is 37.4 Å². The second-order valence-electron chi connectivity index (χ2n) is 7.16. The van der Waals surface area contributed by atoms with Crippen LogP contribution in [-0.4, -0.2) is 25.0 Å². The molecule has 0 saturated carbocycles. The summed E-state index contributed by atoms with van der Waals surface area (Å²) in [6.07, 6.45) is -0.101. The number of thiophene rings is 1. The fourth-order valence-corrected chi connectivity index (χ4v) is 4.10. The monoisotopic (exact) mass is 434 g/mol. The second kappa shape index (κ2) is 8.65. The lowest BCUT2D eigenvalue weighted by Gasteiger charge is -2.20. The summed E-state index contributed by atoms with van der Waals surface area (Å²) in [5, 5.41) is 5.03. The molecular weight excluding hydrogens is 412 g/mol. The van der Waals surface area contributed by atoms with Gasteiger partial charge in [-0.25, -0.2) is 4.90 Å². The van der Waals surface area contributed by atoms with Gasteiger partial charge in [0.15, 0.2) is 0 Å². The Morgan fingerprint density at radius 3 is 2.32 bits per heavy atom. The van der Waals surface area contributed by atoms with Crippen LogP contribution in [-0.2, 0) is 9.59 Å². The van der Waals surface area contributed by atoms with E-state index in [9.17, 15) is 9.59 Å². The Hall–Kier alpha value is -3.58. The van der Waals surface area contributed by atoms with Crippen LogP contribution >= 0.6 is 11.3 Å². The van der Waals surface area contributed by atoms with Crippen LogP contribution in [0.1, 0.15) is 18.7 Å². The lowest BCUT2D eigenvalue weighted by atomic mass is 10.2. The van der Waals surface area contributed by atoms with Crippen molar-refractivity contribution in [2.75, 3.05) is 17.3 Å². The summed E-state index contributed by atoms with van der Waals surface area (Å²) in [4.78, 5) is 28.9. The van der Waals surface area contributed by atoms with E-state index in [-0.39, 0.29) is 17.7 Å². The van der Waals surface area contributed by atoms with E-state index in [0.29, 0.717) is 28.4 Å². The molecule has 6 nitrogen and oxygen atoms in total. The van der Waals surface area contributed by atoms with E-state index in [1.54, 1.807) is 49.6 Å². The van der Waals surface area contributed by atoms with Crippen LogP contribution in [0.3, 0.4) is 0 Å². The highest BCUT2D eigenvalue weighted by molar-refractivity contribution is 7.11. The summed E-state index contributed by atoms with van der Waals surface area (Å²) in [7, 11) is 1.59. The quantitative estimate of drug-likeness (QED) is 0.534. The molecule has 158 valence electrons. The second-order valence-corrected chi connectivity index (χ2v) is 8.11. The summed E-state index contributed by atoms with van der Waals surface area (Å²) in [6, 6.07) is 17.9. The Balaban J connectivity index is 1.76. The lowest BCUT2D eigenvalue weighted by Crippen LogP contribution is -2.33. The van der Waals surface area contributed by atoms with Crippen molar-refractivity contribution in [3.05, 3.63) is 76.6 Å². The van der Waals surface area contributed by atoms with Gasteiger partial charge < -0.3 is 14.8 Å². The van der Waals surface area contributed by atoms with E-state index in [1.165, 1.54) is 16.2 Å². The molecule has 4 rings (SSSR count). The van der Waals surface area contributed by atoms with Crippen molar-refractivity contribution in [1.82, 2.24) is 0 Å². The number of rotatable bonds is 7. The Labute approximate surface area is 184 Å². The zero-order valence-electron chi connectivity index (χ0n) is 17.4. The zero-order chi connectivity index (χ0) is 22.0. The number of carbonyl (C=O) groups is 2. The fraction of sp³-hybridized carbons (Fsp3) is 0.167. The molecule has 1 aliphatic heterocycles. The molecule has 1 aliphatic rings. The summed E-state index contributed by atoms with van der Waals surface area (Å²) < 4.78 is 11.1. The van der Waals surface area contributed by atoms with Crippen LogP contribution < -0.4 is 19.7 Å². The molecule has 0 unspecified atom stereocenters. The Morgan fingerprint density at radius 2 is 1.68 bits per heavy atom. The number of ether oxygens (including phenoxy) is 2. The molecule has 0 atom stereocenters. The predicted molar refractivity (Wildman–Crippen MR) is 123 cm³/mol. The van der Waals surface area contributed by atoms with Gasteiger partial charge in [0.25, 0.3) is 11.8 Å². The standard InChI is InChI=1S/C24H22N2O4S/c1-15(2)30-19-8-5-4-7-18(19)26-23(27)21(20-9-6-14-31-20)22(24(26)28)25-16-10-12-17(29-3)13-11-16/h4-15,25H,1-3H3. The maximum Gasteiger partial charge on any atom is 0.282 e. The van der Waals surface area contributed by atoms with Crippen LogP contribution in [0.15, 0.2) is 71.7 Å². The number of anilines is 2. The normalized spacial score (nSPS) is 13.9. The highest BCUT2D eigenvalue weighted by Gasteiger charge is 2.41. The van der Waals surface area contributed by atoms with Crippen LogP contribution in [0, 0.1) is 0 Å². The van der Waals surface area contributed by atoms with E-state index in [0.717, 1.165) is 4.88 Å². The van der Waals surface area contributed by atoms with Crippen molar-refractivity contribution >= 4 is 40.1 Å². The molecule has 0 saturated heterocycles. The SMILES string of the molecule is COc1ccc(NC2=C(c3cccs3)C(=O)N(c3ccccc3OC(C)C)C2=O)cc1. The molecule has 3 aromatic rings. The average molecular weight is 435 g/mol. The molecule has 7 heteroatoms. The van der Waals surface area contributed by atoms with Gasteiger partial charge in [0.1, 0.15) is 17.2 Å². The van der Waals surface area contributed by atoms with E-state index >= 15 is 0 Å². The maximum atomic E-state index is 13.5. The largest absolute Gasteiger partial charge is 0.497 e. The van der Waals surface area contributed by atoms with Crippen LogP contribution in [0.5, 0.6) is 11.5 Å². The first kappa shape index (κ1) is 20.7. The van der Waals surface area contributed by atoms with E-state index in [4.69, 9.17) is 9.47 Å². The van der Waals surface area contributed by atoms with Crippen molar-refractivity contribution < 1.29 is 19.1 Å². The molecule has 0 bridgehead atoms. The minimum atomic E-state index is -0.427. The van der Waals surface area contributed by atoms with Crippen molar-refractivity contribution in [1.29, 1.82) is 0 Å². The third kappa shape index (κ3) is 4.04. The van der Waals surface area contributed by atoms with Gasteiger partial charge in [-0.1, -0.05) is 18.2 Å². The first-order chi connectivity index (χ1) is 15.0. The third-order valence-electron chi connectivity index (χ3n) is 4.68. The number of nitrogens with one attached hydrogen (secondary N) is 1. The van der Waals surface area contributed by atoms with Gasteiger partial charge in [-0.05, 0) is 61.7 Å². The minimum absolute atomic E-state index is 0.101. The van der Waals surface area contributed by atoms with Crippen molar-refractivity contribution in [2.45, 2.75) is 20.0 Å². The summed E-state index contributed by atoms with van der Waals surface area (Å²) in [6.45, 7) is 3.80. The molecule has 0 aliphatic carbocycles. The lowest BCUT2D eigenvalue weighted by molar-refractivity contribution is -0.120. The molecule has 31 heavy (non-hydrogen) atoms. The van der Waals surface area contributed by atoms with Crippen LogP contribution in [0.2, 0.25) is 0 Å². The minimum Gasteiger partial charge on any atom is -0.497 e. The number of benzene rings is 2. The number of hydrogen-bond donors (Lipinski definition) is 1. The maximum absolute atomic E-state index is 13.5. The van der Waals surface area contributed by atoms with E-state index < -0.39 is 5.91 Å². The molecule has 1 N–H and O–H groups in total. The number of amides is 2. The van der Waals surface area contributed by atoms with Gasteiger partial charge in [0.05, 0.1) is 24.5 Å². The van der Waals surface area contributed by atoms with Gasteiger partial charge in [-0.15, -0.1) is 11.3 Å². The van der Waals surface area contributed by atoms with Crippen molar-refractivity contribution in [3.63, 3.8) is 0 Å². The number of hydrogen-bond acceptors (Lipinski definition) is 6. The fourth-order valence-electron chi connectivity index (χ4n) is 3.33. The number of carbonyl (C=O) groups excluding carboxylic acids is 2. The molecular formula is C24H22N2O4S. The molecule has 2 amide bonds. The van der Waals surface area contributed by atoms with Gasteiger partial charge in [-0.3, -0.25) is 9.59 Å². The molecule has 2 aromatic carbocycles. The first-order valence-corrected chi connectivity index (χ1v) is 10.7. The Bertz CT molecular complexity index is 1130. The summed E-state index contributed by atoms with van der Waals surface area (Å²) >= 11 is 1.41. The summed E-state index contributed by atoms with van der Waals surface area (Å²) in [5.74, 6) is 0.371. The number of methoxy groups -OCH3 is 1. The molecule has 0 spiro atoms. The average Bonchev–Trinajstić information content (AvgIpc) is 3.36. The van der Waals surface area contributed by atoms with Gasteiger partial charge in [-0.2, -0.15) is 0 Å². The topological polar surface area (TPSA) is 67.9 Å². The Kier molecular flexibility index (Phi) is 5.77. The predicted octanol–water partition coefficient (Wildman–Crippen LogP) is 4.94. The molecule has 1 aromatic heterocycles. The molecule has 2 heterocycles. The molecule has 0 radical (unpaired) electrons. The highest BCUT2D eigenvalue weighted by atomic mass is 32.1. The zero-order valence-corrected chi connectivity index (χ0v) is 18.2. The van der Waals surface area contributed by atoms with Gasteiger partial charge in [0.2, 0.25) is 0 Å². The first-order valence-electron chi connectivity index (χ1n) is 9.83. The van der Waals surface area contributed by atoms with Crippen LogP contribution in [0.4, 0.5) is 11.4 Å². The van der Waals surface area contributed by atoms with Crippen LogP contribution in [0.25, 0.3) is 5.57 Å². The van der Waals surface area contributed by atoms with Crippen molar-refractivity contribution in [3.8, 4) is 11.5 Å². The summed E-state index contributed by atoms with van der Waals surface area (Å²) in [5.41, 5.74) is 1.68. The third-order valence-corrected chi connectivity index (χ3v) is 5.57. The molecule has 0 fully saturated rings. The van der Waals surface area contributed by atoms with Gasteiger partial charge >= 0.3 is 0 Å². The number of para-hydroxylation sites is 2. The smallest absolute Gasteiger partial charge is 0.282 e. The van der Waals surface area contributed by atoms with Crippen molar-refractivity contribution in [2.24, 2.45) is 0 Å². The highest BCUT2D eigenvalue weighted by Crippen LogP contribution is 2.39.